The van der Waals surface area contributed by atoms with Gasteiger partial charge in [-0.15, -0.1) is 0 Å². The monoisotopic (exact) mass is 187 g/mol. The molecule has 0 fully saturated rings. The molecular weight excluding hydrogens is 174 g/mol. The molecule has 0 aliphatic carbocycles. The molecule has 1 rings (SSSR count). The second-order valence-electron chi connectivity index (χ2n) is 2.02. The third kappa shape index (κ3) is 2.51. The highest BCUT2D eigenvalue weighted by atomic mass is 16.6. The summed E-state index contributed by atoms with van der Waals surface area (Å²) in [7, 11) is 1.48. The fraction of sp³-hybridized carbons (Fsp3) is 0.571. The van der Waals surface area contributed by atoms with E-state index in [-0.39, 0.29) is 12.6 Å². The second kappa shape index (κ2) is 5.26. The molecule has 0 bridgehead atoms. The molecule has 1 aromatic heterocycles. The van der Waals surface area contributed by atoms with Gasteiger partial charge in [0.15, 0.2) is 0 Å². The van der Waals surface area contributed by atoms with E-state index in [9.17, 15) is 10.1 Å². The SMILES string of the molecule is CC.Cn1c(CO)cnc1[N+](=O)[O-]. The zero-order valence-corrected chi connectivity index (χ0v) is 7.89. The maximum absolute atomic E-state index is 10.2. The smallest absolute Gasteiger partial charge is 0.390 e. The summed E-state index contributed by atoms with van der Waals surface area (Å²) in [6.45, 7) is 3.76. The van der Waals surface area contributed by atoms with Crippen LogP contribution in [-0.2, 0) is 13.7 Å². The molecule has 1 aromatic rings. The molecule has 0 atom stereocenters. The van der Waals surface area contributed by atoms with Crippen molar-refractivity contribution in [2.75, 3.05) is 0 Å². The predicted octanol–water partition coefficient (Wildman–Crippen LogP) is 0.847. The summed E-state index contributed by atoms with van der Waals surface area (Å²) in [6, 6.07) is 0. The van der Waals surface area contributed by atoms with Crippen molar-refractivity contribution in [2.45, 2.75) is 20.5 Å². The van der Waals surface area contributed by atoms with Crippen LogP contribution in [0.3, 0.4) is 0 Å². The first-order valence-corrected chi connectivity index (χ1v) is 3.92. The maximum Gasteiger partial charge on any atom is 0.434 e. The summed E-state index contributed by atoms with van der Waals surface area (Å²) in [6.07, 6.45) is 1.28. The van der Waals surface area contributed by atoms with Crippen LogP contribution >= 0.6 is 0 Å². The molecule has 0 spiro atoms. The van der Waals surface area contributed by atoms with E-state index >= 15 is 0 Å². The van der Waals surface area contributed by atoms with Gasteiger partial charge in [-0.2, -0.15) is 0 Å². The van der Waals surface area contributed by atoms with Crippen LogP contribution < -0.4 is 0 Å². The Morgan fingerprint density at radius 1 is 1.69 bits per heavy atom. The van der Waals surface area contributed by atoms with E-state index in [0.717, 1.165) is 0 Å². The number of aliphatic hydroxyl groups is 1. The molecule has 1 N–H and O–H groups in total. The number of nitro groups is 1. The molecule has 74 valence electrons. The van der Waals surface area contributed by atoms with Crippen molar-refractivity contribution in [3.63, 3.8) is 0 Å². The Labute approximate surface area is 76.0 Å². The summed E-state index contributed by atoms with van der Waals surface area (Å²) in [5.74, 6) is -0.256. The molecule has 6 heteroatoms. The molecule has 0 aliphatic heterocycles. The molecule has 0 unspecified atom stereocenters. The molecule has 0 aromatic carbocycles. The van der Waals surface area contributed by atoms with Crippen molar-refractivity contribution >= 4 is 5.95 Å². The van der Waals surface area contributed by atoms with E-state index in [2.05, 4.69) is 4.98 Å². The van der Waals surface area contributed by atoms with Gasteiger partial charge in [-0.25, -0.2) is 4.57 Å². The predicted molar refractivity (Wildman–Crippen MR) is 47.1 cm³/mol. The molecule has 6 nitrogen and oxygen atoms in total. The normalized spacial score (nSPS) is 8.92. The van der Waals surface area contributed by atoms with Crippen molar-refractivity contribution in [1.82, 2.24) is 9.55 Å². The van der Waals surface area contributed by atoms with Gasteiger partial charge < -0.3 is 15.2 Å². The third-order valence-corrected chi connectivity index (χ3v) is 1.39. The van der Waals surface area contributed by atoms with Gasteiger partial charge in [0.2, 0.25) is 0 Å². The van der Waals surface area contributed by atoms with Crippen LogP contribution in [0.1, 0.15) is 19.5 Å². The molecular formula is C7H13N3O3. The number of nitrogens with zero attached hydrogens (tertiary/aromatic N) is 3. The summed E-state index contributed by atoms with van der Waals surface area (Å²) >= 11 is 0. The lowest BCUT2D eigenvalue weighted by molar-refractivity contribution is -0.396. The van der Waals surface area contributed by atoms with E-state index in [1.165, 1.54) is 17.8 Å². The summed E-state index contributed by atoms with van der Waals surface area (Å²) in [4.78, 5) is 13.1. The quantitative estimate of drug-likeness (QED) is 0.549. The molecule has 0 radical (unpaired) electrons. The Bertz CT molecular complexity index is 283. The first kappa shape index (κ1) is 11.6. The number of rotatable bonds is 2. The fourth-order valence-electron chi connectivity index (χ4n) is 0.750. The lowest BCUT2D eigenvalue weighted by atomic mass is 10.5. The summed E-state index contributed by atoms with van der Waals surface area (Å²) < 4.78 is 1.24. The summed E-state index contributed by atoms with van der Waals surface area (Å²) in [5, 5.41) is 18.8. The molecule has 0 amide bonds. The highest BCUT2D eigenvalue weighted by Gasteiger charge is 2.15. The van der Waals surface area contributed by atoms with Crippen LogP contribution in [0.25, 0.3) is 0 Å². The number of hydrogen-bond acceptors (Lipinski definition) is 4. The van der Waals surface area contributed by atoms with Gasteiger partial charge in [-0.05, 0) is 4.92 Å². The Balaban J connectivity index is 0.000000671. The Hall–Kier alpha value is -1.43. The average molecular weight is 187 g/mol. The van der Waals surface area contributed by atoms with Crippen LogP contribution in [0.15, 0.2) is 6.20 Å². The number of aromatic nitrogens is 2. The minimum atomic E-state index is -0.598. The zero-order chi connectivity index (χ0) is 10.4. The topological polar surface area (TPSA) is 81.2 Å². The van der Waals surface area contributed by atoms with Crippen LogP contribution in [0.2, 0.25) is 0 Å². The molecule has 1 heterocycles. The van der Waals surface area contributed by atoms with Crippen molar-refractivity contribution in [1.29, 1.82) is 0 Å². The van der Waals surface area contributed by atoms with E-state index in [1.54, 1.807) is 0 Å². The first-order valence-electron chi connectivity index (χ1n) is 3.92. The lowest BCUT2D eigenvalue weighted by Gasteiger charge is -1.94. The van der Waals surface area contributed by atoms with E-state index in [1.807, 2.05) is 13.8 Å². The van der Waals surface area contributed by atoms with Crippen molar-refractivity contribution in [3.8, 4) is 0 Å². The van der Waals surface area contributed by atoms with Crippen molar-refractivity contribution in [2.24, 2.45) is 7.05 Å². The zero-order valence-electron chi connectivity index (χ0n) is 7.89. The standard InChI is InChI=1S/C5H7N3O3.C2H6/c1-7-4(3-9)2-6-5(7)8(10)11;1-2/h2,9H,3H2,1H3;1-2H3. The fourth-order valence-corrected chi connectivity index (χ4v) is 0.750. The Kier molecular flexibility index (Phi) is 4.68. The summed E-state index contributed by atoms with van der Waals surface area (Å²) in [5.41, 5.74) is 0.428. The van der Waals surface area contributed by atoms with Crippen molar-refractivity contribution in [3.05, 3.63) is 22.0 Å². The minimum Gasteiger partial charge on any atom is -0.390 e. The van der Waals surface area contributed by atoms with Gasteiger partial charge in [0.05, 0.1) is 7.05 Å². The highest BCUT2D eigenvalue weighted by molar-refractivity contribution is 5.13. The van der Waals surface area contributed by atoms with Gasteiger partial charge >= 0.3 is 5.95 Å². The van der Waals surface area contributed by atoms with Gasteiger partial charge in [-0.1, -0.05) is 18.8 Å². The van der Waals surface area contributed by atoms with Crippen LogP contribution in [-0.4, -0.2) is 19.6 Å². The van der Waals surface area contributed by atoms with E-state index in [0.29, 0.717) is 5.69 Å². The van der Waals surface area contributed by atoms with E-state index < -0.39 is 4.92 Å². The van der Waals surface area contributed by atoms with Crippen LogP contribution in [0, 0.1) is 10.1 Å². The Morgan fingerprint density at radius 2 is 2.23 bits per heavy atom. The maximum atomic E-state index is 10.2. The molecule has 0 saturated carbocycles. The first-order chi connectivity index (χ1) is 6.16. The highest BCUT2D eigenvalue weighted by Crippen LogP contribution is 2.09. The second-order valence-corrected chi connectivity index (χ2v) is 2.02. The van der Waals surface area contributed by atoms with Gasteiger partial charge in [0.1, 0.15) is 18.5 Å². The number of hydrogen-bond donors (Lipinski definition) is 1. The number of aliphatic hydroxyl groups excluding tert-OH is 1. The minimum absolute atomic E-state index is 0.239. The third-order valence-electron chi connectivity index (χ3n) is 1.39. The van der Waals surface area contributed by atoms with Gasteiger partial charge in [0, 0.05) is 0 Å². The van der Waals surface area contributed by atoms with E-state index in [4.69, 9.17) is 5.11 Å². The van der Waals surface area contributed by atoms with Crippen LogP contribution in [0.4, 0.5) is 5.95 Å². The Morgan fingerprint density at radius 3 is 2.46 bits per heavy atom. The van der Waals surface area contributed by atoms with Crippen LogP contribution in [0.5, 0.6) is 0 Å². The average Bonchev–Trinajstić information content (AvgIpc) is 2.50. The lowest BCUT2D eigenvalue weighted by Crippen LogP contribution is -2.01. The van der Waals surface area contributed by atoms with Gasteiger partial charge in [-0.3, -0.25) is 0 Å². The molecule has 13 heavy (non-hydrogen) atoms. The van der Waals surface area contributed by atoms with Gasteiger partial charge in [0.25, 0.3) is 0 Å². The largest absolute Gasteiger partial charge is 0.434 e. The number of imidazole rings is 1. The molecule has 0 aliphatic rings. The molecule has 0 saturated heterocycles. The van der Waals surface area contributed by atoms with Crippen molar-refractivity contribution < 1.29 is 10.0 Å².